The first-order valence-electron chi connectivity index (χ1n) is 5.89. The van der Waals surface area contributed by atoms with Gasteiger partial charge in [-0.25, -0.2) is 9.37 Å². The first kappa shape index (κ1) is 12.6. The first-order valence-corrected chi connectivity index (χ1v) is 5.89. The van der Waals surface area contributed by atoms with Crippen LogP contribution in [0.5, 0.6) is 5.88 Å². The summed E-state index contributed by atoms with van der Waals surface area (Å²) in [6.45, 7) is 2.91. The number of rotatable bonds is 2. The van der Waals surface area contributed by atoms with Crippen LogP contribution in [0.25, 0.3) is 0 Å². The number of nitrogens with zero attached hydrogens (tertiary/aromatic N) is 2. The molecule has 98 valence electrons. The zero-order chi connectivity index (χ0) is 13.1. The van der Waals surface area contributed by atoms with Gasteiger partial charge in [-0.15, -0.1) is 0 Å². The van der Waals surface area contributed by atoms with E-state index < -0.39 is 5.82 Å². The van der Waals surface area contributed by atoms with E-state index in [0.717, 1.165) is 19.0 Å². The molecule has 2 N–H and O–H groups in total. The molecule has 18 heavy (non-hydrogen) atoms. The maximum atomic E-state index is 12.9. The van der Waals surface area contributed by atoms with E-state index in [2.05, 4.69) is 4.98 Å². The van der Waals surface area contributed by atoms with Gasteiger partial charge < -0.3 is 15.4 Å². The predicted molar refractivity (Wildman–Crippen MR) is 64.5 cm³/mol. The summed E-state index contributed by atoms with van der Waals surface area (Å²) >= 11 is 0. The molecule has 1 saturated heterocycles. The molecule has 1 aromatic rings. The average molecular weight is 253 g/mol. The lowest BCUT2D eigenvalue weighted by Crippen LogP contribution is -2.40. The van der Waals surface area contributed by atoms with Gasteiger partial charge in [-0.3, -0.25) is 4.79 Å². The number of hydrogen-bond donors (Lipinski definition) is 1. The van der Waals surface area contributed by atoms with Crippen LogP contribution >= 0.6 is 0 Å². The summed E-state index contributed by atoms with van der Waals surface area (Å²) in [4.78, 5) is 16.8. The molecule has 1 aliphatic rings. The van der Waals surface area contributed by atoms with Crippen LogP contribution in [-0.4, -0.2) is 35.0 Å². The van der Waals surface area contributed by atoms with E-state index in [9.17, 15) is 9.18 Å². The highest BCUT2D eigenvalue weighted by atomic mass is 19.1. The van der Waals surface area contributed by atoms with Crippen molar-refractivity contribution >= 4 is 11.6 Å². The summed E-state index contributed by atoms with van der Waals surface area (Å²) < 4.78 is 18.6. The van der Waals surface area contributed by atoms with Crippen LogP contribution < -0.4 is 10.5 Å². The molecule has 0 radical (unpaired) electrons. The number of carbonyl (C=O) groups is 1. The van der Waals surface area contributed by atoms with Crippen LogP contribution in [0.3, 0.4) is 0 Å². The van der Waals surface area contributed by atoms with Gasteiger partial charge in [-0.05, 0) is 0 Å². The molecule has 0 bridgehead atoms. The fourth-order valence-corrected chi connectivity index (χ4v) is 1.96. The Bertz CT molecular complexity index is 445. The predicted octanol–water partition coefficient (Wildman–Crippen LogP) is 1.19. The Morgan fingerprint density at radius 2 is 2.22 bits per heavy atom. The Morgan fingerprint density at radius 1 is 1.56 bits per heavy atom. The van der Waals surface area contributed by atoms with Gasteiger partial charge in [0.2, 0.25) is 11.8 Å². The third-order valence-corrected chi connectivity index (χ3v) is 3.03. The van der Waals surface area contributed by atoms with Crippen LogP contribution in [0, 0.1) is 5.82 Å². The number of halogens is 1. The normalized spacial score (nSPS) is 16.7. The molecule has 0 atom stereocenters. The van der Waals surface area contributed by atoms with E-state index in [1.165, 1.54) is 6.07 Å². The fraction of sp³-hybridized carbons (Fsp3) is 0.500. The molecule has 0 aromatic carbocycles. The number of amides is 1. The minimum absolute atomic E-state index is 0.00189. The minimum Gasteiger partial charge on any atom is -0.474 e. The SMILES string of the molecule is CC(=O)N1CCC(Oc2cc(N)c(F)cn2)CC1. The average Bonchev–Trinajstić information content (AvgIpc) is 2.34. The zero-order valence-corrected chi connectivity index (χ0v) is 10.2. The molecule has 5 nitrogen and oxygen atoms in total. The van der Waals surface area contributed by atoms with Crippen LogP contribution in [0.2, 0.25) is 0 Å². The topological polar surface area (TPSA) is 68.5 Å². The number of piperidine rings is 1. The number of anilines is 1. The summed E-state index contributed by atoms with van der Waals surface area (Å²) in [6, 6.07) is 1.38. The fourth-order valence-electron chi connectivity index (χ4n) is 1.96. The van der Waals surface area contributed by atoms with Crippen molar-refractivity contribution in [1.82, 2.24) is 9.88 Å². The summed E-state index contributed by atoms with van der Waals surface area (Å²) in [5.74, 6) is -0.137. The second-order valence-electron chi connectivity index (χ2n) is 4.37. The number of carbonyl (C=O) groups excluding carboxylic acids is 1. The van der Waals surface area contributed by atoms with E-state index >= 15 is 0 Å². The van der Waals surface area contributed by atoms with Gasteiger partial charge >= 0.3 is 0 Å². The van der Waals surface area contributed by atoms with Gasteiger partial charge in [-0.1, -0.05) is 0 Å². The van der Waals surface area contributed by atoms with Crippen LogP contribution in [0.15, 0.2) is 12.3 Å². The van der Waals surface area contributed by atoms with E-state index in [4.69, 9.17) is 10.5 Å². The van der Waals surface area contributed by atoms with Gasteiger partial charge in [0.05, 0.1) is 11.9 Å². The molecule has 2 heterocycles. The van der Waals surface area contributed by atoms with Crippen molar-refractivity contribution in [2.45, 2.75) is 25.9 Å². The van der Waals surface area contributed by atoms with Gasteiger partial charge in [0.15, 0.2) is 5.82 Å². The number of aromatic nitrogens is 1. The molecule has 1 aliphatic heterocycles. The number of nitrogens with two attached hydrogens (primary N) is 1. The number of hydrogen-bond acceptors (Lipinski definition) is 4. The van der Waals surface area contributed by atoms with E-state index in [-0.39, 0.29) is 17.7 Å². The molecule has 0 spiro atoms. The van der Waals surface area contributed by atoms with Gasteiger partial charge in [0, 0.05) is 38.9 Å². The second-order valence-corrected chi connectivity index (χ2v) is 4.37. The molecule has 1 fully saturated rings. The van der Waals surface area contributed by atoms with Gasteiger partial charge in [-0.2, -0.15) is 0 Å². The summed E-state index contributed by atoms with van der Waals surface area (Å²) in [5.41, 5.74) is 5.47. The summed E-state index contributed by atoms with van der Waals surface area (Å²) in [7, 11) is 0. The maximum Gasteiger partial charge on any atom is 0.219 e. The highest BCUT2D eigenvalue weighted by Crippen LogP contribution is 2.20. The lowest BCUT2D eigenvalue weighted by atomic mass is 10.1. The van der Waals surface area contributed by atoms with Crippen LogP contribution in [0.1, 0.15) is 19.8 Å². The van der Waals surface area contributed by atoms with Crippen LogP contribution in [0.4, 0.5) is 10.1 Å². The van der Waals surface area contributed by atoms with E-state index in [1.54, 1.807) is 11.8 Å². The van der Waals surface area contributed by atoms with Crippen molar-refractivity contribution in [3.05, 3.63) is 18.1 Å². The maximum absolute atomic E-state index is 12.9. The largest absolute Gasteiger partial charge is 0.474 e. The molecule has 1 aromatic heterocycles. The number of pyridine rings is 1. The van der Waals surface area contributed by atoms with E-state index in [1.807, 2.05) is 0 Å². The van der Waals surface area contributed by atoms with Crippen molar-refractivity contribution in [2.24, 2.45) is 0 Å². The molecule has 0 saturated carbocycles. The molecular formula is C12H16FN3O2. The van der Waals surface area contributed by atoms with E-state index in [0.29, 0.717) is 19.0 Å². The quantitative estimate of drug-likeness (QED) is 0.859. The molecule has 1 amide bonds. The molecule has 0 aliphatic carbocycles. The molecule has 2 rings (SSSR count). The Hall–Kier alpha value is -1.85. The number of nitrogen functional groups attached to an aromatic ring is 1. The smallest absolute Gasteiger partial charge is 0.219 e. The second kappa shape index (κ2) is 5.20. The lowest BCUT2D eigenvalue weighted by molar-refractivity contribution is -0.130. The van der Waals surface area contributed by atoms with Crippen molar-refractivity contribution in [1.29, 1.82) is 0 Å². The molecular weight excluding hydrogens is 237 g/mol. The Kier molecular flexibility index (Phi) is 3.64. The Labute approximate surface area is 105 Å². The Morgan fingerprint density at radius 3 is 2.78 bits per heavy atom. The minimum atomic E-state index is -0.547. The Balaban J connectivity index is 1.91. The van der Waals surface area contributed by atoms with Gasteiger partial charge in [0.1, 0.15) is 6.10 Å². The third kappa shape index (κ3) is 2.88. The number of ether oxygens (including phenoxy) is 1. The van der Waals surface area contributed by atoms with Gasteiger partial charge in [0.25, 0.3) is 0 Å². The first-order chi connectivity index (χ1) is 8.56. The third-order valence-electron chi connectivity index (χ3n) is 3.03. The molecule has 0 unspecified atom stereocenters. The van der Waals surface area contributed by atoms with Crippen molar-refractivity contribution in [2.75, 3.05) is 18.8 Å². The highest BCUT2D eigenvalue weighted by Gasteiger charge is 2.22. The summed E-state index contributed by atoms with van der Waals surface area (Å²) in [5, 5.41) is 0. The van der Waals surface area contributed by atoms with Crippen molar-refractivity contribution in [3.63, 3.8) is 0 Å². The lowest BCUT2D eigenvalue weighted by Gasteiger charge is -2.31. The summed E-state index contributed by atoms with van der Waals surface area (Å²) in [6.07, 6.45) is 2.55. The number of likely N-dealkylation sites (tertiary alicyclic amines) is 1. The van der Waals surface area contributed by atoms with Crippen LogP contribution in [-0.2, 0) is 4.79 Å². The van der Waals surface area contributed by atoms with Crippen molar-refractivity contribution in [3.8, 4) is 5.88 Å². The van der Waals surface area contributed by atoms with Crippen molar-refractivity contribution < 1.29 is 13.9 Å². The zero-order valence-electron chi connectivity index (χ0n) is 10.2. The monoisotopic (exact) mass is 253 g/mol. The highest BCUT2D eigenvalue weighted by molar-refractivity contribution is 5.73. The standard InChI is InChI=1S/C12H16FN3O2/c1-8(17)16-4-2-9(3-5-16)18-12-6-11(14)10(13)7-15-12/h6-7,9H,2-5H2,1H3,(H2,14,15). The molecule has 6 heteroatoms.